The quantitative estimate of drug-likeness (QED) is 0.386. The zero-order chi connectivity index (χ0) is 22.9. The van der Waals surface area contributed by atoms with Crippen LogP contribution in [-0.2, 0) is 14.8 Å². The summed E-state index contributed by atoms with van der Waals surface area (Å²) in [5.74, 6) is -0.371. The van der Waals surface area contributed by atoms with Crippen LogP contribution in [0.25, 0.3) is 0 Å². The zero-order valence-electron chi connectivity index (χ0n) is 17.3. The first-order valence-electron chi connectivity index (χ1n) is 9.70. The molecule has 2 rings (SSSR count). The largest absolute Gasteiger partial charge is 0.494 e. The summed E-state index contributed by atoms with van der Waals surface area (Å²) in [5, 5.41) is 5.42. The van der Waals surface area contributed by atoms with Crippen LogP contribution in [0, 0.1) is 0 Å². The molecule has 0 spiro atoms. The lowest BCUT2D eigenvalue weighted by Crippen LogP contribution is -2.34. The third kappa shape index (κ3) is 7.99. The molecule has 0 unspecified atom stereocenters. The van der Waals surface area contributed by atoms with Gasteiger partial charge in [0.1, 0.15) is 5.75 Å². The van der Waals surface area contributed by atoms with Crippen molar-refractivity contribution in [1.82, 2.24) is 10.0 Å². The second kappa shape index (κ2) is 11.4. The van der Waals surface area contributed by atoms with Crippen molar-refractivity contribution in [3.63, 3.8) is 0 Å². The summed E-state index contributed by atoms with van der Waals surface area (Å²) in [7, 11) is -3.91. The summed E-state index contributed by atoms with van der Waals surface area (Å²) in [6.45, 7) is 3.88. The molecule has 166 valence electrons. The Labute approximate surface area is 187 Å². The van der Waals surface area contributed by atoms with Crippen LogP contribution in [-0.4, -0.2) is 32.0 Å². The van der Waals surface area contributed by atoms with Gasteiger partial charge in [-0.25, -0.2) is 13.1 Å². The average Bonchev–Trinajstić information content (AvgIpc) is 2.71. The molecule has 0 aliphatic carbocycles. The number of amides is 2. The van der Waals surface area contributed by atoms with Crippen LogP contribution >= 0.6 is 12.2 Å². The summed E-state index contributed by atoms with van der Waals surface area (Å²) in [6, 6.07) is 12.3. The maximum atomic E-state index is 12.3. The molecule has 0 heterocycles. The second-order valence-corrected chi connectivity index (χ2v) is 8.76. The third-order valence-corrected chi connectivity index (χ3v) is 5.71. The molecule has 2 aromatic carbocycles. The van der Waals surface area contributed by atoms with E-state index in [2.05, 4.69) is 17.6 Å². The van der Waals surface area contributed by atoms with Gasteiger partial charge in [0.2, 0.25) is 5.91 Å². The van der Waals surface area contributed by atoms with Gasteiger partial charge in [-0.2, -0.15) is 0 Å². The van der Waals surface area contributed by atoms with E-state index < -0.39 is 15.9 Å². The maximum absolute atomic E-state index is 12.3. The predicted octanol–water partition coefficient (Wildman–Crippen LogP) is 3.21. The molecule has 0 saturated heterocycles. The van der Waals surface area contributed by atoms with Crippen molar-refractivity contribution in [3.05, 3.63) is 54.1 Å². The molecule has 0 aliphatic rings. The van der Waals surface area contributed by atoms with Gasteiger partial charge in [-0.05, 0) is 67.2 Å². The van der Waals surface area contributed by atoms with Crippen LogP contribution in [0.5, 0.6) is 5.75 Å². The van der Waals surface area contributed by atoms with Gasteiger partial charge in [0.15, 0.2) is 5.11 Å². The number of carbonyl (C=O) groups excluding carboxylic acids is 2. The first-order valence-corrected chi connectivity index (χ1v) is 11.6. The number of benzene rings is 2. The van der Waals surface area contributed by atoms with Gasteiger partial charge in [-0.15, -0.1) is 0 Å². The Morgan fingerprint density at radius 3 is 2.23 bits per heavy atom. The highest BCUT2D eigenvalue weighted by atomic mass is 32.2. The standard InChI is InChI=1S/C21H25N3O5S2/c1-3-4-5-14-29-18-10-6-16(7-11-18)20(26)23-21(30)22-17-8-12-19(13-9-17)31(27,28)24-15(2)25/h6-13H,3-5,14H2,1-2H3,(H,24,25)(H2,22,23,26,30). The Morgan fingerprint density at radius 1 is 1.00 bits per heavy atom. The molecule has 0 fully saturated rings. The van der Waals surface area contributed by atoms with E-state index in [0.29, 0.717) is 23.6 Å². The normalized spacial score (nSPS) is 10.8. The Kier molecular flexibility index (Phi) is 8.95. The first-order chi connectivity index (χ1) is 14.7. The smallest absolute Gasteiger partial charge is 0.264 e. The van der Waals surface area contributed by atoms with Crippen LogP contribution in [0.3, 0.4) is 0 Å². The van der Waals surface area contributed by atoms with E-state index in [-0.39, 0.29) is 15.9 Å². The number of rotatable bonds is 9. The molecule has 2 amide bonds. The number of carbonyl (C=O) groups is 2. The Balaban J connectivity index is 1.89. The van der Waals surface area contributed by atoms with E-state index in [1.54, 1.807) is 24.3 Å². The van der Waals surface area contributed by atoms with Crippen LogP contribution in [0.15, 0.2) is 53.4 Å². The summed E-state index contributed by atoms with van der Waals surface area (Å²) in [4.78, 5) is 23.3. The predicted molar refractivity (Wildman–Crippen MR) is 123 cm³/mol. The van der Waals surface area contributed by atoms with Crippen LogP contribution in [0.4, 0.5) is 5.69 Å². The van der Waals surface area contributed by atoms with E-state index in [1.165, 1.54) is 24.3 Å². The molecular formula is C21H25N3O5S2. The van der Waals surface area contributed by atoms with E-state index in [4.69, 9.17) is 17.0 Å². The van der Waals surface area contributed by atoms with Crippen molar-refractivity contribution in [2.24, 2.45) is 0 Å². The molecule has 0 saturated carbocycles. The van der Waals surface area contributed by atoms with Gasteiger partial charge in [0, 0.05) is 18.2 Å². The Morgan fingerprint density at radius 2 is 1.65 bits per heavy atom. The summed E-state index contributed by atoms with van der Waals surface area (Å²) in [6.07, 6.45) is 3.22. The van der Waals surface area contributed by atoms with Crippen molar-refractivity contribution in [2.45, 2.75) is 38.0 Å². The fourth-order valence-corrected chi connectivity index (χ4v) is 3.75. The van der Waals surface area contributed by atoms with Crippen molar-refractivity contribution in [1.29, 1.82) is 0 Å². The van der Waals surface area contributed by atoms with Gasteiger partial charge < -0.3 is 10.1 Å². The van der Waals surface area contributed by atoms with Crippen LogP contribution < -0.4 is 20.1 Å². The monoisotopic (exact) mass is 463 g/mol. The Bertz CT molecular complexity index is 1020. The van der Waals surface area contributed by atoms with E-state index in [1.807, 2.05) is 4.72 Å². The summed E-state index contributed by atoms with van der Waals surface area (Å²) >= 11 is 5.14. The fraction of sp³-hybridized carbons (Fsp3) is 0.286. The minimum Gasteiger partial charge on any atom is -0.494 e. The molecular weight excluding hydrogens is 438 g/mol. The van der Waals surface area contributed by atoms with Gasteiger partial charge in [0.05, 0.1) is 11.5 Å². The highest BCUT2D eigenvalue weighted by Crippen LogP contribution is 2.15. The second-order valence-electron chi connectivity index (χ2n) is 6.67. The number of anilines is 1. The SMILES string of the molecule is CCCCCOc1ccc(C(=O)NC(=S)Nc2ccc(S(=O)(=O)NC(C)=O)cc2)cc1. The third-order valence-electron chi connectivity index (χ3n) is 4.06. The molecule has 10 heteroatoms. The summed E-state index contributed by atoms with van der Waals surface area (Å²) < 4.78 is 31.4. The van der Waals surface area contributed by atoms with E-state index in [9.17, 15) is 18.0 Å². The van der Waals surface area contributed by atoms with Crippen molar-refractivity contribution in [3.8, 4) is 5.75 Å². The molecule has 0 radical (unpaired) electrons. The van der Waals surface area contributed by atoms with Crippen molar-refractivity contribution >= 4 is 44.9 Å². The molecule has 2 aromatic rings. The number of sulfonamides is 1. The summed E-state index contributed by atoms with van der Waals surface area (Å²) in [5.41, 5.74) is 0.893. The number of hydrogen-bond donors (Lipinski definition) is 3. The zero-order valence-corrected chi connectivity index (χ0v) is 18.9. The maximum Gasteiger partial charge on any atom is 0.264 e. The van der Waals surface area contributed by atoms with Gasteiger partial charge in [-0.1, -0.05) is 19.8 Å². The van der Waals surface area contributed by atoms with E-state index >= 15 is 0 Å². The molecule has 31 heavy (non-hydrogen) atoms. The highest BCUT2D eigenvalue weighted by molar-refractivity contribution is 7.90. The van der Waals surface area contributed by atoms with E-state index in [0.717, 1.165) is 26.2 Å². The lowest BCUT2D eigenvalue weighted by Gasteiger charge is -2.11. The number of ether oxygens (including phenoxy) is 1. The highest BCUT2D eigenvalue weighted by Gasteiger charge is 2.15. The van der Waals surface area contributed by atoms with Crippen LogP contribution in [0.1, 0.15) is 43.5 Å². The lowest BCUT2D eigenvalue weighted by atomic mass is 10.2. The molecule has 8 nitrogen and oxygen atoms in total. The topological polar surface area (TPSA) is 114 Å². The average molecular weight is 464 g/mol. The van der Waals surface area contributed by atoms with Gasteiger partial charge >= 0.3 is 0 Å². The van der Waals surface area contributed by atoms with Crippen LogP contribution in [0.2, 0.25) is 0 Å². The Hall–Kier alpha value is -2.98. The number of thiocarbonyl (C=S) groups is 1. The fourth-order valence-electron chi connectivity index (χ4n) is 2.55. The molecule has 3 N–H and O–H groups in total. The molecule has 0 aromatic heterocycles. The first kappa shape index (κ1) is 24.3. The minimum atomic E-state index is -3.91. The number of unbranched alkanes of at least 4 members (excludes halogenated alkanes) is 2. The van der Waals surface area contributed by atoms with Crippen molar-refractivity contribution in [2.75, 3.05) is 11.9 Å². The molecule has 0 aliphatic heterocycles. The molecule has 0 atom stereocenters. The van der Waals surface area contributed by atoms with Crippen molar-refractivity contribution < 1.29 is 22.7 Å². The number of hydrogen-bond acceptors (Lipinski definition) is 6. The molecule has 0 bridgehead atoms. The van der Waals surface area contributed by atoms with Gasteiger partial charge in [0.25, 0.3) is 15.9 Å². The minimum absolute atomic E-state index is 0.0577. The lowest BCUT2D eigenvalue weighted by molar-refractivity contribution is -0.117. The van der Waals surface area contributed by atoms with Gasteiger partial charge in [-0.3, -0.25) is 14.9 Å². The number of nitrogens with one attached hydrogen (secondary N) is 3.